The van der Waals surface area contributed by atoms with Crippen LogP contribution in [0.15, 0.2) is 28.7 Å². The van der Waals surface area contributed by atoms with Crippen LogP contribution in [0.5, 0.6) is 0 Å². The van der Waals surface area contributed by atoms with Gasteiger partial charge in [0.15, 0.2) is 0 Å². The van der Waals surface area contributed by atoms with E-state index in [4.69, 9.17) is 10.5 Å². The minimum Gasteiger partial charge on any atom is -0.379 e. The highest BCUT2D eigenvalue weighted by atomic mass is 79.9. The third kappa shape index (κ3) is 1.52. The predicted molar refractivity (Wildman–Crippen MR) is 72.0 cm³/mol. The van der Waals surface area contributed by atoms with Gasteiger partial charge in [-0.15, -0.1) is 0 Å². The van der Waals surface area contributed by atoms with Gasteiger partial charge in [0.1, 0.15) is 0 Å². The van der Waals surface area contributed by atoms with Crippen LogP contribution in [0, 0.1) is 5.41 Å². The molecule has 3 rings (SSSR count). The van der Waals surface area contributed by atoms with E-state index in [1.807, 2.05) is 0 Å². The maximum absolute atomic E-state index is 6.07. The van der Waals surface area contributed by atoms with Gasteiger partial charge >= 0.3 is 0 Å². The second-order valence-corrected chi connectivity index (χ2v) is 6.34. The average Bonchev–Trinajstić information content (AvgIpc) is 2.20. The second kappa shape index (κ2) is 4.08. The summed E-state index contributed by atoms with van der Waals surface area (Å²) in [6.07, 6.45) is 3.81. The van der Waals surface area contributed by atoms with E-state index in [0.717, 1.165) is 24.2 Å². The second-order valence-electron chi connectivity index (χ2n) is 5.42. The molecule has 1 aliphatic carbocycles. The van der Waals surface area contributed by atoms with Crippen LogP contribution in [0.2, 0.25) is 0 Å². The fourth-order valence-electron chi connectivity index (χ4n) is 3.35. The lowest BCUT2D eigenvalue weighted by atomic mass is 9.50. The van der Waals surface area contributed by atoms with Crippen molar-refractivity contribution >= 4 is 15.9 Å². The molecule has 2 aliphatic rings. The molecule has 17 heavy (non-hydrogen) atoms. The van der Waals surface area contributed by atoms with Gasteiger partial charge in [-0.2, -0.15) is 0 Å². The van der Waals surface area contributed by atoms with Gasteiger partial charge in [-0.05, 0) is 42.5 Å². The van der Waals surface area contributed by atoms with Crippen molar-refractivity contribution in [3.05, 3.63) is 34.3 Å². The summed E-state index contributed by atoms with van der Waals surface area (Å²) in [7, 11) is 0. The number of ether oxygens (including phenoxy) is 1. The Kier molecular flexibility index (Phi) is 2.80. The number of hydrogen-bond acceptors (Lipinski definition) is 2. The standard InChI is InChI=1S/C14H18BrNO/c15-12-4-1-3-11(7-12)14(9-17-10-14)13(8-16)5-2-6-13/h1,3-4,7H,2,5-6,8-10,16H2. The molecule has 2 N–H and O–H groups in total. The Labute approximate surface area is 111 Å². The molecule has 0 aromatic heterocycles. The van der Waals surface area contributed by atoms with Crippen molar-refractivity contribution in [3.8, 4) is 0 Å². The SMILES string of the molecule is NCC1(C2(c3cccc(Br)c3)COC2)CCC1. The Morgan fingerprint density at radius 3 is 2.47 bits per heavy atom. The molecule has 0 bridgehead atoms. The molecule has 0 amide bonds. The largest absolute Gasteiger partial charge is 0.379 e. The summed E-state index contributed by atoms with van der Waals surface area (Å²) in [5.41, 5.74) is 7.92. The summed E-state index contributed by atoms with van der Waals surface area (Å²) < 4.78 is 6.69. The first-order chi connectivity index (χ1) is 8.22. The highest BCUT2D eigenvalue weighted by Crippen LogP contribution is 2.57. The maximum atomic E-state index is 6.07. The summed E-state index contributed by atoms with van der Waals surface area (Å²) in [5.74, 6) is 0. The highest BCUT2D eigenvalue weighted by Gasteiger charge is 2.58. The zero-order valence-electron chi connectivity index (χ0n) is 9.92. The van der Waals surface area contributed by atoms with Gasteiger partial charge in [0.2, 0.25) is 0 Å². The number of benzene rings is 1. The topological polar surface area (TPSA) is 35.2 Å². The zero-order chi connectivity index (χ0) is 11.9. The molecule has 1 aliphatic heterocycles. The van der Waals surface area contributed by atoms with E-state index in [2.05, 4.69) is 40.2 Å². The van der Waals surface area contributed by atoms with Crippen molar-refractivity contribution in [2.75, 3.05) is 19.8 Å². The molecule has 1 saturated carbocycles. The summed E-state index contributed by atoms with van der Waals surface area (Å²) in [5, 5.41) is 0. The monoisotopic (exact) mass is 295 g/mol. The lowest BCUT2D eigenvalue weighted by Crippen LogP contribution is -2.64. The van der Waals surface area contributed by atoms with Crippen molar-refractivity contribution in [3.63, 3.8) is 0 Å². The van der Waals surface area contributed by atoms with Crippen molar-refractivity contribution < 1.29 is 4.74 Å². The van der Waals surface area contributed by atoms with E-state index in [1.165, 1.54) is 24.8 Å². The molecule has 1 aromatic rings. The first-order valence-electron chi connectivity index (χ1n) is 6.26. The highest BCUT2D eigenvalue weighted by molar-refractivity contribution is 9.10. The first-order valence-corrected chi connectivity index (χ1v) is 7.06. The van der Waals surface area contributed by atoms with E-state index in [-0.39, 0.29) is 10.8 Å². The summed E-state index contributed by atoms with van der Waals surface area (Å²) in [4.78, 5) is 0. The number of hydrogen-bond donors (Lipinski definition) is 1. The number of halogens is 1. The summed E-state index contributed by atoms with van der Waals surface area (Å²) in [6.45, 7) is 2.45. The van der Waals surface area contributed by atoms with Crippen molar-refractivity contribution in [2.24, 2.45) is 11.1 Å². The lowest BCUT2D eigenvalue weighted by Gasteiger charge is -2.60. The zero-order valence-corrected chi connectivity index (χ0v) is 11.5. The smallest absolute Gasteiger partial charge is 0.0591 e. The van der Waals surface area contributed by atoms with Crippen LogP contribution in [-0.2, 0) is 10.2 Å². The molecule has 0 radical (unpaired) electrons. The Morgan fingerprint density at radius 1 is 1.29 bits per heavy atom. The molecule has 0 unspecified atom stereocenters. The summed E-state index contributed by atoms with van der Waals surface area (Å²) in [6, 6.07) is 8.65. The van der Waals surface area contributed by atoms with Gasteiger partial charge in [-0.1, -0.05) is 34.5 Å². The minimum absolute atomic E-state index is 0.170. The molecule has 2 nitrogen and oxygen atoms in total. The molecule has 1 aromatic carbocycles. The molecule has 1 heterocycles. The van der Waals surface area contributed by atoms with Gasteiger partial charge in [0, 0.05) is 9.89 Å². The fraction of sp³-hybridized carbons (Fsp3) is 0.571. The molecule has 0 spiro atoms. The quantitative estimate of drug-likeness (QED) is 0.931. The number of nitrogens with two attached hydrogens (primary N) is 1. The fourth-order valence-corrected chi connectivity index (χ4v) is 3.75. The van der Waals surface area contributed by atoms with E-state index >= 15 is 0 Å². The van der Waals surface area contributed by atoms with Crippen LogP contribution in [0.4, 0.5) is 0 Å². The molecule has 0 atom stereocenters. The van der Waals surface area contributed by atoms with Crippen molar-refractivity contribution in [2.45, 2.75) is 24.7 Å². The molecule has 1 saturated heterocycles. The van der Waals surface area contributed by atoms with Crippen molar-refractivity contribution in [1.29, 1.82) is 0 Å². The van der Waals surface area contributed by atoms with Gasteiger partial charge in [0.05, 0.1) is 13.2 Å². The van der Waals surface area contributed by atoms with Crippen LogP contribution < -0.4 is 5.73 Å². The van der Waals surface area contributed by atoms with E-state index in [1.54, 1.807) is 0 Å². The Hall–Kier alpha value is -0.380. The van der Waals surface area contributed by atoms with E-state index in [9.17, 15) is 0 Å². The van der Waals surface area contributed by atoms with Gasteiger partial charge in [-0.25, -0.2) is 0 Å². The Bertz CT molecular complexity index is 418. The minimum atomic E-state index is 0.170. The van der Waals surface area contributed by atoms with Crippen molar-refractivity contribution in [1.82, 2.24) is 0 Å². The average molecular weight is 296 g/mol. The molecular formula is C14H18BrNO. The predicted octanol–water partition coefficient (Wildman–Crippen LogP) is 2.85. The third-order valence-corrected chi connectivity index (χ3v) is 5.28. The van der Waals surface area contributed by atoms with Crippen LogP contribution in [-0.4, -0.2) is 19.8 Å². The van der Waals surface area contributed by atoms with Gasteiger partial charge in [-0.3, -0.25) is 0 Å². The number of rotatable bonds is 3. The Balaban J connectivity index is 2.02. The van der Waals surface area contributed by atoms with Crippen LogP contribution in [0.1, 0.15) is 24.8 Å². The molecule has 2 fully saturated rings. The lowest BCUT2D eigenvalue weighted by molar-refractivity contribution is -0.154. The summed E-state index contributed by atoms with van der Waals surface area (Å²) >= 11 is 3.56. The van der Waals surface area contributed by atoms with E-state index < -0.39 is 0 Å². The normalized spacial score (nSPS) is 24.8. The maximum Gasteiger partial charge on any atom is 0.0591 e. The molecular weight excluding hydrogens is 278 g/mol. The first kappa shape index (κ1) is 11.7. The molecule has 3 heteroatoms. The molecule has 92 valence electrons. The van der Waals surface area contributed by atoms with Crippen LogP contribution in [0.25, 0.3) is 0 Å². The van der Waals surface area contributed by atoms with Crippen LogP contribution in [0.3, 0.4) is 0 Å². The Morgan fingerprint density at radius 2 is 2.06 bits per heavy atom. The van der Waals surface area contributed by atoms with Gasteiger partial charge in [0.25, 0.3) is 0 Å². The third-order valence-electron chi connectivity index (χ3n) is 4.79. The van der Waals surface area contributed by atoms with E-state index in [0.29, 0.717) is 0 Å². The van der Waals surface area contributed by atoms with Gasteiger partial charge < -0.3 is 10.5 Å². The van der Waals surface area contributed by atoms with Crippen LogP contribution >= 0.6 is 15.9 Å².